The van der Waals surface area contributed by atoms with Crippen LogP contribution in [0.2, 0.25) is 10.0 Å². The van der Waals surface area contributed by atoms with Crippen LogP contribution in [0.25, 0.3) is 10.9 Å². The molecule has 0 bridgehead atoms. The van der Waals surface area contributed by atoms with Crippen molar-refractivity contribution in [3.63, 3.8) is 0 Å². The number of hydrogen-bond acceptors (Lipinski definition) is 6. The van der Waals surface area contributed by atoms with E-state index in [0.29, 0.717) is 33.3 Å². The lowest BCUT2D eigenvalue weighted by Gasteiger charge is -2.36. The van der Waals surface area contributed by atoms with E-state index in [-0.39, 0.29) is 12.5 Å². The summed E-state index contributed by atoms with van der Waals surface area (Å²) in [4.78, 5) is 26.0. The van der Waals surface area contributed by atoms with E-state index in [2.05, 4.69) is 32.3 Å². The number of benzene rings is 2. The summed E-state index contributed by atoms with van der Waals surface area (Å²) in [7, 11) is 1.74. The predicted octanol–water partition coefficient (Wildman–Crippen LogP) is 4.84. The van der Waals surface area contributed by atoms with Crippen LogP contribution in [0.5, 0.6) is 5.75 Å². The average molecular weight is 514 g/mol. The molecule has 3 heterocycles. The molecule has 2 aromatic carbocycles. The van der Waals surface area contributed by atoms with E-state index in [0.717, 1.165) is 56.6 Å². The van der Waals surface area contributed by atoms with Gasteiger partial charge in [-0.2, -0.15) is 0 Å². The molecule has 2 saturated heterocycles. The van der Waals surface area contributed by atoms with Crippen LogP contribution in [0.4, 0.5) is 5.82 Å². The van der Waals surface area contributed by atoms with Crippen LogP contribution in [-0.2, 0) is 4.79 Å². The van der Waals surface area contributed by atoms with Gasteiger partial charge in [0.15, 0.2) is 0 Å². The third-order valence-electron chi connectivity index (χ3n) is 7.23. The zero-order chi connectivity index (χ0) is 24.4. The van der Waals surface area contributed by atoms with Gasteiger partial charge >= 0.3 is 0 Å². The van der Waals surface area contributed by atoms with Crippen molar-refractivity contribution in [3.8, 4) is 5.75 Å². The minimum atomic E-state index is 0.0724. The molecule has 1 amide bonds. The molecule has 2 aliphatic rings. The minimum Gasteiger partial charge on any atom is -0.496 e. The molecule has 2 fully saturated rings. The first-order chi connectivity index (χ1) is 17.0. The molecule has 0 radical (unpaired) electrons. The third kappa shape index (κ3) is 5.17. The van der Waals surface area contributed by atoms with Gasteiger partial charge in [-0.1, -0.05) is 41.4 Å². The lowest BCUT2D eigenvalue weighted by Crippen LogP contribution is -2.43. The van der Waals surface area contributed by atoms with Crippen LogP contribution in [0.3, 0.4) is 0 Å². The summed E-state index contributed by atoms with van der Waals surface area (Å²) < 4.78 is 5.57. The first-order valence-corrected chi connectivity index (χ1v) is 12.8. The summed E-state index contributed by atoms with van der Waals surface area (Å²) in [5.41, 5.74) is 1.99. The van der Waals surface area contributed by atoms with Crippen LogP contribution in [0, 0.1) is 0 Å². The minimum absolute atomic E-state index is 0.0724. The number of hydrogen-bond donors (Lipinski definition) is 1. The van der Waals surface area contributed by atoms with Crippen molar-refractivity contribution in [1.29, 1.82) is 0 Å². The number of ether oxygens (including phenoxy) is 1. The van der Waals surface area contributed by atoms with Crippen LogP contribution in [0.1, 0.15) is 30.7 Å². The van der Waals surface area contributed by atoms with Crippen LogP contribution >= 0.6 is 23.2 Å². The molecule has 2 aliphatic heterocycles. The Morgan fingerprint density at radius 1 is 1.09 bits per heavy atom. The van der Waals surface area contributed by atoms with Crippen molar-refractivity contribution in [3.05, 3.63) is 58.3 Å². The van der Waals surface area contributed by atoms with Crippen LogP contribution in [0.15, 0.2) is 42.7 Å². The second-order valence-electron chi connectivity index (χ2n) is 9.19. The van der Waals surface area contributed by atoms with E-state index in [1.54, 1.807) is 19.2 Å². The van der Waals surface area contributed by atoms with E-state index in [1.165, 1.54) is 11.9 Å². The lowest BCUT2D eigenvalue weighted by molar-refractivity contribution is -0.128. The van der Waals surface area contributed by atoms with E-state index in [9.17, 15) is 4.79 Å². The Balaban J connectivity index is 1.15. The average Bonchev–Trinajstić information content (AvgIpc) is 3.39. The molecule has 1 atom stereocenters. The number of carbonyl (C=O) groups is 1. The van der Waals surface area contributed by atoms with Gasteiger partial charge in [0.2, 0.25) is 5.91 Å². The molecule has 3 aromatic rings. The Bertz CT molecular complexity index is 1220. The van der Waals surface area contributed by atoms with Crippen molar-refractivity contribution in [2.45, 2.75) is 31.2 Å². The second kappa shape index (κ2) is 10.6. The first kappa shape index (κ1) is 24.1. The molecule has 0 spiro atoms. The quantitative estimate of drug-likeness (QED) is 0.508. The number of likely N-dealkylation sites (tertiary alicyclic amines) is 2. The first-order valence-electron chi connectivity index (χ1n) is 12.0. The second-order valence-corrected chi connectivity index (χ2v) is 10.0. The summed E-state index contributed by atoms with van der Waals surface area (Å²) in [6.45, 7) is 3.82. The number of halogens is 2. The van der Waals surface area contributed by atoms with Gasteiger partial charge in [-0.05, 0) is 62.0 Å². The van der Waals surface area contributed by atoms with Crippen molar-refractivity contribution in [1.82, 2.24) is 19.8 Å². The molecule has 1 N–H and O–H groups in total. The standard InChI is InChI=1S/C26H29Cl2N5O2/c1-35-24-5-3-2-4-19(24)17-6-9-32(10-7-17)18-8-11-33(15-18)25(34)14-29-26-20-12-21(27)22(28)13-23(20)30-16-31-26/h2-5,12-13,16-18H,6-11,14-15H2,1H3,(H,29,30,31). The molecule has 9 heteroatoms. The highest BCUT2D eigenvalue weighted by atomic mass is 35.5. The van der Waals surface area contributed by atoms with Gasteiger partial charge in [-0.3, -0.25) is 9.69 Å². The molecular formula is C26H29Cl2N5O2. The maximum atomic E-state index is 13.0. The number of nitrogens with one attached hydrogen (secondary N) is 1. The molecule has 1 aromatic heterocycles. The SMILES string of the molecule is COc1ccccc1C1CCN(C2CCN(C(=O)CNc3ncnc4cc(Cl)c(Cl)cc34)C2)CC1. The summed E-state index contributed by atoms with van der Waals surface area (Å²) >= 11 is 12.3. The number of nitrogens with zero attached hydrogens (tertiary/aromatic N) is 4. The van der Waals surface area contributed by atoms with Gasteiger partial charge in [-0.25, -0.2) is 9.97 Å². The molecule has 5 rings (SSSR count). The number of amides is 1. The van der Waals surface area contributed by atoms with E-state index in [4.69, 9.17) is 27.9 Å². The number of aromatic nitrogens is 2. The summed E-state index contributed by atoms with van der Waals surface area (Å²) in [6, 6.07) is 12.2. The lowest BCUT2D eigenvalue weighted by atomic mass is 9.88. The number of rotatable bonds is 6. The van der Waals surface area contributed by atoms with Gasteiger partial charge in [0, 0.05) is 24.5 Å². The Morgan fingerprint density at radius 3 is 2.66 bits per heavy atom. The van der Waals surface area contributed by atoms with E-state index in [1.807, 2.05) is 17.0 Å². The molecule has 0 aliphatic carbocycles. The van der Waals surface area contributed by atoms with Gasteiger partial charge < -0.3 is 15.0 Å². The molecule has 35 heavy (non-hydrogen) atoms. The number of anilines is 1. The van der Waals surface area contributed by atoms with E-state index >= 15 is 0 Å². The zero-order valence-electron chi connectivity index (χ0n) is 19.7. The zero-order valence-corrected chi connectivity index (χ0v) is 21.2. The Morgan fingerprint density at radius 2 is 1.86 bits per heavy atom. The van der Waals surface area contributed by atoms with Gasteiger partial charge in [0.05, 0.1) is 29.2 Å². The Kier molecular flexibility index (Phi) is 7.27. The van der Waals surface area contributed by atoms with Gasteiger partial charge in [0.25, 0.3) is 0 Å². The van der Waals surface area contributed by atoms with Crippen LogP contribution in [-0.4, -0.2) is 71.6 Å². The fourth-order valence-electron chi connectivity index (χ4n) is 5.31. The van der Waals surface area contributed by atoms with Crippen molar-refractivity contribution in [2.75, 3.05) is 45.2 Å². The summed E-state index contributed by atoms with van der Waals surface area (Å²) in [5.74, 6) is 2.16. The number of methoxy groups -OCH3 is 1. The largest absolute Gasteiger partial charge is 0.496 e. The van der Waals surface area contributed by atoms with Gasteiger partial charge in [-0.15, -0.1) is 0 Å². The highest BCUT2D eigenvalue weighted by Gasteiger charge is 2.33. The molecule has 1 unspecified atom stereocenters. The normalized spacial score (nSPS) is 19.3. The van der Waals surface area contributed by atoms with Crippen molar-refractivity contribution >= 4 is 45.8 Å². The number of para-hydroxylation sites is 1. The van der Waals surface area contributed by atoms with E-state index < -0.39 is 0 Å². The molecule has 184 valence electrons. The summed E-state index contributed by atoms with van der Waals surface area (Å²) in [5, 5.41) is 4.78. The molecule has 0 saturated carbocycles. The third-order valence-corrected chi connectivity index (χ3v) is 7.95. The number of carbonyl (C=O) groups excluding carboxylic acids is 1. The fourth-order valence-corrected chi connectivity index (χ4v) is 5.63. The highest BCUT2D eigenvalue weighted by Crippen LogP contribution is 2.35. The number of piperidine rings is 1. The molecular weight excluding hydrogens is 485 g/mol. The van der Waals surface area contributed by atoms with Crippen molar-refractivity contribution in [2.24, 2.45) is 0 Å². The fraction of sp³-hybridized carbons (Fsp3) is 0.423. The molecule has 7 nitrogen and oxygen atoms in total. The number of fused-ring (bicyclic) bond motifs is 1. The Hall–Kier alpha value is -2.61. The monoisotopic (exact) mass is 513 g/mol. The predicted molar refractivity (Wildman–Crippen MR) is 140 cm³/mol. The topological polar surface area (TPSA) is 70.6 Å². The maximum absolute atomic E-state index is 13.0. The highest BCUT2D eigenvalue weighted by molar-refractivity contribution is 6.42. The Labute approximate surface area is 215 Å². The maximum Gasteiger partial charge on any atom is 0.241 e. The van der Waals surface area contributed by atoms with Crippen molar-refractivity contribution < 1.29 is 9.53 Å². The van der Waals surface area contributed by atoms with Gasteiger partial charge in [0.1, 0.15) is 17.9 Å². The smallest absolute Gasteiger partial charge is 0.241 e. The van der Waals surface area contributed by atoms with Crippen LogP contribution < -0.4 is 10.1 Å². The summed E-state index contributed by atoms with van der Waals surface area (Å²) in [6.07, 6.45) is 4.69.